The average molecular weight is 400 g/mol. The first-order valence-electron chi connectivity index (χ1n) is 7.87. The summed E-state index contributed by atoms with van der Waals surface area (Å²) in [5.41, 5.74) is -0.166. The summed E-state index contributed by atoms with van der Waals surface area (Å²) in [4.78, 5) is 1.16. The van der Waals surface area contributed by atoms with Gasteiger partial charge in [-0.3, -0.25) is 0 Å². The van der Waals surface area contributed by atoms with Crippen LogP contribution in [0.4, 0.5) is 18.9 Å². The molecule has 0 saturated carbocycles. The van der Waals surface area contributed by atoms with Crippen LogP contribution >= 0.6 is 24.0 Å². The lowest BCUT2D eigenvalue weighted by molar-refractivity contribution is -0.137. The number of methoxy groups -OCH3 is 1. The number of nitrogens with one attached hydrogen (secondary N) is 2. The van der Waals surface area contributed by atoms with Crippen molar-refractivity contribution in [2.45, 2.75) is 17.5 Å². The lowest BCUT2D eigenvalue weighted by Gasteiger charge is -2.12. The number of rotatable bonds is 7. The Kier molecular flexibility index (Phi) is 7.59. The number of hydrogen-bond acceptors (Lipinski definition) is 3. The number of benzene rings is 2. The maximum atomic E-state index is 12.5. The van der Waals surface area contributed by atoms with Crippen molar-refractivity contribution in [2.24, 2.45) is 0 Å². The Morgan fingerprint density at radius 1 is 1.08 bits per heavy atom. The van der Waals surface area contributed by atoms with Crippen LogP contribution < -0.4 is 15.4 Å². The summed E-state index contributed by atoms with van der Waals surface area (Å²) in [6.45, 7) is 0.676. The van der Waals surface area contributed by atoms with Crippen LogP contribution in [0.15, 0.2) is 53.4 Å². The standard InChI is InChI=1S/C18H19F3N2OS2/c1-24-15-7-9-16(10-8-15)26-12-2-11-22-17(25)23-14-5-3-13(4-6-14)18(19,20)21/h3-10H,2,11-12H2,1H3,(H2,22,23,25). The van der Waals surface area contributed by atoms with E-state index in [4.69, 9.17) is 17.0 Å². The minimum absolute atomic E-state index is 0.388. The summed E-state index contributed by atoms with van der Waals surface area (Å²) in [5.74, 6) is 1.75. The van der Waals surface area contributed by atoms with Crippen LogP contribution in [0.5, 0.6) is 5.75 Å². The molecule has 0 aliphatic carbocycles. The predicted molar refractivity (Wildman–Crippen MR) is 104 cm³/mol. The van der Waals surface area contributed by atoms with E-state index in [0.717, 1.165) is 35.0 Å². The zero-order valence-electron chi connectivity index (χ0n) is 14.1. The van der Waals surface area contributed by atoms with Crippen LogP contribution in [-0.4, -0.2) is 24.5 Å². The third-order valence-corrected chi connectivity index (χ3v) is 4.75. The van der Waals surface area contributed by atoms with Crippen LogP contribution in [-0.2, 0) is 6.18 Å². The summed E-state index contributed by atoms with van der Waals surface area (Å²) >= 11 is 6.88. The van der Waals surface area contributed by atoms with E-state index in [0.29, 0.717) is 17.3 Å². The molecule has 0 bridgehead atoms. The molecule has 0 saturated heterocycles. The van der Waals surface area contributed by atoms with Crippen molar-refractivity contribution in [1.29, 1.82) is 0 Å². The van der Waals surface area contributed by atoms with Crippen molar-refractivity contribution in [1.82, 2.24) is 5.32 Å². The molecule has 2 rings (SSSR count). The fraction of sp³-hybridized carbons (Fsp3) is 0.278. The second-order valence-electron chi connectivity index (χ2n) is 5.33. The Balaban J connectivity index is 1.65. The second-order valence-corrected chi connectivity index (χ2v) is 6.91. The summed E-state index contributed by atoms with van der Waals surface area (Å²) in [6, 6.07) is 12.6. The Morgan fingerprint density at radius 2 is 1.73 bits per heavy atom. The zero-order chi connectivity index (χ0) is 19.0. The molecule has 0 atom stereocenters. The summed E-state index contributed by atoms with van der Waals surface area (Å²) in [7, 11) is 1.63. The van der Waals surface area contributed by atoms with Crippen LogP contribution in [0.25, 0.3) is 0 Å². The molecule has 26 heavy (non-hydrogen) atoms. The van der Waals surface area contributed by atoms with Crippen molar-refractivity contribution in [2.75, 3.05) is 24.7 Å². The molecule has 0 radical (unpaired) electrons. The SMILES string of the molecule is COc1ccc(SCCCNC(=S)Nc2ccc(C(F)(F)F)cc2)cc1. The van der Waals surface area contributed by atoms with Gasteiger partial charge in [0.25, 0.3) is 0 Å². The highest BCUT2D eigenvalue weighted by Gasteiger charge is 2.29. The Hall–Kier alpha value is -1.93. The van der Waals surface area contributed by atoms with E-state index in [-0.39, 0.29) is 0 Å². The summed E-state index contributed by atoms with van der Waals surface area (Å²) in [5, 5.41) is 6.31. The lowest BCUT2D eigenvalue weighted by atomic mass is 10.2. The van der Waals surface area contributed by atoms with E-state index in [2.05, 4.69) is 10.6 Å². The molecular weight excluding hydrogens is 381 g/mol. The smallest absolute Gasteiger partial charge is 0.416 e. The molecule has 2 aromatic carbocycles. The minimum atomic E-state index is -4.33. The number of hydrogen-bond donors (Lipinski definition) is 2. The number of thioether (sulfide) groups is 1. The van der Waals surface area contributed by atoms with Gasteiger partial charge in [-0.1, -0.05) is 0 Å². The maximum absolute atomic E-state index is 12.5. The van der Waals surface area contributed by atoms with Crippen molar-refractivity contribution in [3.05, 3.63) is 54.1 Å². The van der Waals surface area contributed by atoms with Crippen molar-refractivity contribution < 1.29 is 17.9 Å². The molecule has 0 amide bonds. The number of thiocarbonyl (C=S) groups is 1. The van der Waals surface area contributed by atoms with Gasteiger partial charge < -0.3 is 15.4 Å². The zero-order valence-corrected chi connectivity index (χ0v) is 15.7. The topological polar surface area (TPSA) is 33.3 Å². The van der Waals surface area contributed by atoms with Gasteiger partial charge in [-0.25, -0.2) is 0 Å². The first-order valence-corrected chi connectivity index (χ1v) is 9.27. The highest BCUT2D eigenvalue weighted by molar-refractivity contribution is 7.99. The molecule has 0 heterocycles. The van der Waals surface area contributed by atoms with E-state index in [9.17, 15) is 13.2 Å². The molecule has 8 heteroatoms. The van der Waals surface area contributed by atoms with Gasteiger partial charge in [0, 0.05) is 17.1 Å². The minimum Gasteiger partial charge on any atom is -0.497 e. The van der Waals surface area contributed by atoms with E-state index in [1.165, 1.54) is 12.1 Å². The Bertz CT molecular complexity index is 704. The first kappa shape index (κ1) is 20.4. The fourth-order valence-electron chi connectivity index (χ4n) is 2.05. The van der Waals surface area contributed by atoms with Crippen LogP contribution in [0, 0.1) is 0 Å². The van der Waals surface area contributed by atoms with Gasteiger partial charge in [-0.15, -0.1) is 11.8 Å². The highest BCUT2D eigenvalue weighted by Crippen LogP contribution is 2.29. The lowest BCUT2D eigenvalue weighted by Crippen LogP contribution is -2.29. The van der Waals surface area contributed by atoms with Gasteiger partial charge in [0.2, 0.25) is 0 Å². The first-order chi connectivity index (χ1) is 12.4. The third-order valence-electron chi connectivity index (χ3n) is 3.40. The number of alkyl halides is 3. The molecule has 140 valence electrons. The molecule has 0 aromatic heterocycles. The van der Waals surface area contributed by atoms with E-state index < -0.39 is 11.7 Å². The van der Waals surface area contributed by atoms with Crippen LogP contribution in [0.3, 0.4) is 0 Å². The molecule has 2 N–H and O–H groups in total. The number of ether oxygens (including phenoxy) is 1. The second kappa shape index (κ2) is 9.68. The van der Waals surface area contributed by atoms with E-state index >= 15 is 0 Å². The van der Waals surface area contributed by atoms with E-state index in [1.807, 2.05) is 24.3 Å². The third kappa shape index (κ3) is 6.76. The normalized spacial score (nSPS) is 11.1. The van der Waals surface area contributed by atoms with Gasteiger partial charge in [0.1, 0.15) is 5.75 Å². The van der Waals surface area contributed by atoms with E-state index in [1.54, 1.807) is 18.9 Å². The molecule has 2 aromatic rings. The van der Waals surface area contributed by atoms with Crippen LogP contribution in [0.2, 0.25) is 0 Å². The quantitative estimate of drug-likeness (QED) is 0.380. The summed E-state index contributed by atoms with van der Waals surface area (Å²) in [6.07, 6.45) is -3.44. The van der Waals surface area contributed by atoms with Gasteiger partial charge in [0.05, 0.1) is 12.7 Å². The van der Waals surface area contributed by atoms with Crippen molar-refractivity contribution in [3.63, 3.8) is 0 Å². The van der Waals surface area contributed by atoms with Crippen LogP contribution in [0.1, 0.15) is 12.0 Å². The molecule has 0 aliphatic heterocycles. The monoisotopic (exact) mass is 400 g/mol. The van der Waals surface area contributed by atoms with Gasteiger partial charge in [0.15, 0.2) is 5.11 Å². The van der Waals surface area contributed by atoms with Gasteiger partial charge in [-0.05, 0) is 72.9 Å². The van der Waals surface area contributed by atoms with Gasteiger partial charge in [-0.2, -0.15) is 13.2 Å². The highest BCUT2D eigenvalue weighted by atomic mass is 32.2. The number of halogens is 3. The predicted octanol–water partition coefficient (Wildman–Crippen LogP) is 5.18. The van der Waals surface area contributed by atoms with Gasteiger partial charge >= 0.3 is 6.18 Å². The Labute approximate surface area is 160 Å². The average Bonchev–Trinajstić information content (AvgIpc) is 2.61. The molecule has 0 aliphatic rings. The Morgan fingerprint density at radius 3 is 2.31 bits per heavy atom. The van der Waals surface area contributed by atoms with Crippen molar-refractivity contribution >= 4 is 34.8 Å². The fourth-order valence-corrected chi connectivity index (χ4v) is 3.13. The maximum Gasteiger partial charge on any atom is 0.416 e. The largest absolute Gasteiger partial charge is 0.497 e. The molecular formula is C18H19F3N2OS2. The molecule has 0 unspecified atom stereocenters. The molecule has 3 nitrogen and oxygen atoms in total. The number of anilines is 1. The van der Waals surface area contributed by atoms with Crippen molar-refractivity contribution in [3.8, 4) is 5.75 Å². The molecule has 0 fully saturated rings. The molecule has 0 spiro atoms. The summed E-state index contributed by atoms with van der Waals surface area (Å²) < 4.78 is 42.7.